The zero-order valence-electron chi connectivity index (χ0n) is 16.8. The average Bonchev–Trinajstić information content (AvgIpc) is 2.73. The zero-order chi connectivity index (χ0) is 20.0. The fourth-order valence-corrected chi connectivity index (χ4v) is 3.39. The molecule has 0 aliphatic heterocycles. The normalized spacial score (nSPS) is 11.9. The lowest BCUT2D eigenvalue weighted by atomic mass is 10.1. The first-order chi connectivity index (χ1) is 13.7. The molecule has 0 radical (unpaired) electrons. The molecule has 2 aromatic carbocycles. The number of methoxy groups -OCH3 is 1. The van der Waals surface area contributed by atoms with Crippen LogP contribution in [0.15, 0.2) is 54.6 Å². The third-order valence-corrected chi connectivity index (χ3v) is 5.05. The standard InChI is InChI=1S/C23H30O4S/c1-3-28-23(24)16-22(27-18-20-11-13-21(25-2)14-12-20)10-7-15-26-17-19-8-5-4-6-9-19/h4-6,8-9,11-14,22H,3,7,10,15-18H2,1-2H3/t22-/m0/s1. The van der Waals surface area contributed by atoms with Crippen molar-refractivity contribution in [1.82, 2.24) is 0 Å². The fourth-order valence-electron chi connectivity index (χ4n) is 2.76. The van der Waals surface area contributed by atoms with Gasteiger partial charge in [0.25, 0.3) is 0 Å². The zero-order valence-corrected chi connectivity index (χ0v) is 17.6. The maximum atomic E-state index is 12.1. The second-order valence-electron chi connectivity index (χ2n) is 6.47. The van der Waals surface area contributed by atoms with E-state index in [2.05, 4.69) is 12.1 Å². The highest BCUT2D eigenvalue weighted by Crippen LogP contribution is 2.17. The van der Waals surface area contributed by atoms with Crippen molar-refractivity contribution in [2.45, 2.75) is 45.5 Å². The van der Waals surface area contributed by atoms with E-state index in [0.29, 0.717) is 26.2 Å². The lowest BCUT2D eigenvalue weighted by molar-refractivity contribution is -0.114. The number of hydrogen-bond donors (Lipinski definition) is 0. The molecule has 0 aliphatic rings. The molecule has 2 rings (SSSR count). The summed E-state index contributed by atoms with van der Waals surface area (Å²) in [5, 5.41) is 0.187. The number of ether oxygens (including phenoxy) is 3. The van der Waals surface area contributed by atoms with E-state index in [4.69, 9.17) is 14.2 Å². The monoisotopic (exact) mass is 402 g/mol. The second-order valence-corrected chi connectivity index (χ2v) is 7.79. The van der Waals surface area contributed by atoms with Crippen LogP contribution in [0.5, 0.6) is 5.75 Å². The van der Waals surface area contributed by atoms with E-state index in [1.165, 1.54) is 17.3 Å². The third-order valence-electron chi connectivity index (χ3n) is 4.27. The Morgan fingerprint density at radius 1 is 1.00 bits per heavy atom. The highest BCUT2D eigenvalue weighted by molar-refractivity contribution is 8.13. The molecule has 0 bridgehead atoms. The van der Waals surface area contributed by atoms with Gasteiger partial charge in [-0.2, -0.15) is 0 Å². The largest absolute Gasteiger partial charge is 0.497 e. The summed E-state index contributed by atoms with van der Waals surface area (Å²) in [4.78, 5) is 12.1. The Morgan fingerprint density at radius 3 is 2.39 bits per heavy atom. The first kappa shape index (κ1) is 22.5. The van der Waals surface area contributed by atoms with Gasteiger partial charge in [-0.05, 0) is 41.9 Å². The molecule has 28 heavy (non-hydrogen) atoms. The predicted molar refractivity (Wildman–Crippen MR) is 115 cm³/mol. The molecule has 0 unspecified atom stereocenters. The first-order valence-corrected chi connectivity index (χ1v) is 10.7. The molecule has 0 saturated carbocycles. The molecular formula is C23H30O4S. The highest BCUT2D eigenvalue weighted by atomic mass is 32.2. The van der Waals surface area contributed by atoms with Crippen molar-refractivity contribution in [2.75, 3.05) is 19.5 Å². The molecule has 152 valence electrons. The number of rotatable bonds is 13. The van der Waals surface area contributed by atoms with E-state index in [-0.39, 0.29) is 11.2 Å². The number of carbonyl (C=O) groups excluding carboxylic acids is 1. The van der Waals surface area contributed by atoms with Crippen LogP contribution in [0.4, 0.5) is 0 Å². The van der Waals surface area contributed by atoms with E-state index < -0.39 is 0 Å². The number of hydrogen-bond acceptors (Lipinski definition) is 5. The summed E-state index contributed by atoms with van der Waals surface area (Å²) in [6.45, 7) is 3.76. The van der Waals surface area contributed by atoms with Crippen molar-refractivity contribution < 1.29 is 19.0 Å². The van der Waals surface area contributed by atoms with Crippen LogP contribution in [0, 0.1) is 0 Å². The Bertz CT molecular complexity index is 673. The van der Waals surface area contributed by atoms with Crippen molar-refractivity contribution >= 4 is 16.9 Å². The van der Waals surface area contributed by atoms with Gasteiger partial charge in [-0.1, -0.05) is 61.2 Å². The molecule has 0 saturated heterocycles. The predicted octanol–water partition coefficient (Wildman–Crippen LogP) is 5.25. The lowest BCUT2D eigenvalue weighted by Crippen LogP contribution is -2.17. The van der Waals surface area contributed by atoms with Gasteiger partial charge in [0.2, 0.25) is 0 Å². The summed E-state index contributed by atoms with van der Waals surface area (Å²) in [5.41, 5.74) is 2.24. The maximum Gasteiger partial charge on any atom is 0.191 e. The van der Waals surface area contributed by atoms with Crippen LogP contribution >= 0.6 is 11.8 Å². The Kier molecular flexibility index (Phi) is 10.7. The van der Waals surface area contributed by atoms with Gasteiger partial charge < -0.3 is 14.2 Å². The molecule has 0 aliphatic carbocycles. The van der Waals surface area contributed by atoms with Crippen molar-refractivity contribution in [3.05, 3.63) is 65.7 Å². The smallest absolute Gasteiger partial charge is 0.191 e. The van der Waals surface area contributed by atoms with E-state index in [1.807, 2.05) is 49.4 Å². The summed E-state index contributed by atoms with van der Waals surface area (Å²) < 4.78 is 17.0. The van der Waals surface area contributed by atoms with Gasteiger partial charge >= 0.3 is 0 Å². The summed E-state index contributed by atoms with van der Waals surface area (Å²) in [6, 6.07) is 18.0. The van der Waals surface area contributed by atoms with E-state index in [9.17, 15) is 4.79 Å². The Hall–Kier alpha value is -1.82. The SMILES string of the molecule is CCSC(=O)C[C@H](CCCOCc1ccccc1)OCc1ccc(OC)cc1. The summed E-state index contributed by atoms with van der Waals surface area (Å²) in [7, 11) is 1.65. The van der Waals surface area contributed by atoms with E-state index in [0.717, 1.165) is 29.9 Å². The quantitative estimate of drug-likeness (QED) is 0.428. The van der Waals surface area contributed by atoms with E-state index in [1.54, 1.807) is 7.11 Å². The minimum Gasteiger partial charge on any atom is -0.497 e. The molecule has 0 spiro atoms. The molecule has 2 aromatic rings. The van der Waals surface area contributed by atoms with Crippen LogP contribution < -0.4 is 4.74 Å². The average molecular weight is 403 g/mol. The minimum absolute atomic E-state index is 0.0889. The molecule has 0 fully saturated rings. The lowest BCUT2D eigenvalue weighted by Gasteiger charge is -2.17. The van der Waals surface area contributed by atoms with Crippen molar-refractivity contribution in [2.24, 2.45) is 0 Å². The number of benzene rings is 2. The van der Waals surface area contributed by atoms with Crippen molar-refractivity contribution in [3.63, 3.8) is 0 Å². The summed E-state index contributed by atoms with van der Waals surface area (Å²) in [5.74, 6) is 1.62. The molecule has 5 heteroatoms. The van der Waals surface area contributed by atoms with Gasteiger partial charge in [0.15, 0.2) is 5.12 Å². The Labute approximate surface area is 172 Å². The molecule has 0 aromatic heterocycles. The molecule has 1 atom stereocenters. The highest BCUT2D eigenvalue weighted by Gasteiger charge is 2.15. The van der Waals surface area contributed by atoms with Crippen LogP contribution in [0.1, 0.15) is 37.3 Å². The van der Waals surface area contributed by atoms with Crippen LogP contribution in [0.25, 0.3) is 0 Å². The summed E-state index contributed by atoms with van der Waals surface area (Å²) in [6.07, 6.45) is 2.02. The Morgan fingerprint density at radius 2 is 1.71 bits per heavy atom. The van der Waals surface area contributed by atoms with Gasteiger partial charge in [0.05, 0.1) is 26.4 Å². The molecule has 0 heterocycles. The third kappa shape index (κ3) is 8.91. The van der Waals surface area contributed by atoms with Crippen LogP contribution in [0.3, 0.4) is 0 Å². The first-order valence-electron chi connectivity index (χ1n) is 9.73. The van der Waals surface area contributed by atoms with Gasteiger partial charge in [-0.3, -0.25) is 4.79 Å². The van der Waals surface area contributed by atoms with Gasteiger partial charge in [0.1, 0.15) is 5.75 Å². The van der Waals surface area contributed by atoms with Crippen LogP contribution in [0.2, 0.25) is 0 Å². The fraction of sp³-hybridized carbons (Fsp3) is 0.435. The van der Waals surface area contributed by atoms with Crippen molar-refractivity contribution in [1.29, 1.82) is 0 Å². The molecule has 0 N–H and O–H groups in total. The molecule has 4 nitrogen and oxygen atoms in total. The van der Waals surface area contributed by atoms with Crippen LogP contribution in [-0.4, -0.2) is 30.7 Å². The number of carbonyl (C=O) groups is 1. The number of thioether (sulfide) groups is 1. The van der Waals surface area contributed by atoms with Gasteiger partial charge in [-0.25, -0.2) is 0 Å². The second kappa shape index (κ2) is 13.4. The van der Waals surface area contributed by atoms with Crippen molar-refractivity contribution in [3.8, 4) is 5.75 Å². The Balaban J connectivity index is 1.76. The summed E-state index contributed by atoms with van der Waals surface area (Å²) >= 11 is 1.36. The topological polar surface area (TPSA) is 44.8 Å². The van der Waals surface area contributed by atoms with E-state index >= 15 is 0 Å². The van der Waals surface area contributed by atoms with Gasteiger partial charge in [0, 0.05) is 13.0 Å². The maximum absolute atomic E-state index is 12.1. The van der Waals surface area contributed by atoms with Gasteiger partial charge in [-0.15, -0.1) is 0 Å². The van der Waals surface area contributed by atoms with Crippen LogP contribution in [-0.2, 0) is 27.5 Å². The minimum atomic E-state index is -0.0889. The molecular weight excluding hydrogens is 372 g/mol. The molecule has 0 amide bonds.